The largest absolute Gasteiger partial charge is 0.374 e. The predicted octanol–water partition coefficient (Wildman–Crippen LogP) is 2.63. The van der Waals surface area contributed by atoms with E-state index in [1.54, 1.807) is 11.3 Å². The van der Waals surface area contributed by atoms with Crippen LogP contribution in [0.1, 0.15) is 42.0 Å². The van der Waals surface area contributed by atoms with Gasteiger partial charge in [-0.3, -0.25) is 0 Å². The predicted molar refractivity (Wildman–Crippen MR) is 66.5 cm³/mol. The summed E-state index contributed by atoms with van der Waals surface area (Å²) in [6, 6.07) is 0. The van der Waals surface area contributed by atoms with Crippen molar-refractivity contribution in [2.75, 3.05) is 6.61 Å². The first-order chi connectivity index (χ1) is 7.68. The Labute approximate surface area is 101 Å². The van der Waals surface area contributed by atoms with Crippen LogP contribution in [0.25, 0.3) is 0 Å². The van der Waals surface area contributed by atoms with Gasteiger partial charge in [-0.25, -0.2) is 4.98 Å². The Kier molecular flexibility index (Phi) is 3.95. The van der Waals surface area contributed by atoms with Crippen LogP contribution >= 0.6 is 11.3 Å². The molecule has 1 heterocycles. The quantitative estimate of drug-likeness (QED) is 0.880. The first-order valence-electron chi connectivity index (χ1n) is 5.96. The lowest BCUT2D eigenvalue weighted by molar-refractivity contribution is 0.0587. The topological polar surface area (TPSA) is 48.1 Å². The summed E-state index contributed by atoms with van der Waals surface area (Å²) in [7, 11) is 0. The maximum absolute atomic E-state index is 6.29. The van der Waals surface area contributed by atoms with E-state index in [1.165, 1.54) is 24.1 Å². The summed E-state index contributed by atoms with van der Waals surface area (Å²) < 4.78 is 5.72. The minimum Gasteiger partial charge on any atom is -0.374 e. The SMILES string of the molecule is Cc1ncc(COCC2(N)CCCCC2)s1. The Balaban J connectivity index is 1.74. The van der Waals surface area contributed by atoms with Crippen LogP contribution in [-0.4, -0.2) is 17.1 Å². The average Bonchev–Trinajstić information content (AvgIpc) is 2.65. The number of aromatic nitrogens is 1. The minimum atomic E-state index is -0.0714. The number of ether oxygens (including phenoxy) is 1. The van der Waals surface area contributed by atoms with Crippen LogP contribution in [0.2, 0.25) is 0 Å². The fourth-order valence-corrected chi connectivity index (χ4v) is 2.96. The van der Waals surface area contributed by atoms with Gasteiger partial charge in [0.2, 0.25) is 0 Å². The Morgan fingerprint density at radius 3 is 2.81 bits per heavy atom. The summed E-state index contributed by atoms with van der Waals surface area (Å²) in [6.45, 7) is 3.36. The number of rotatable bonds is 4. The summed E-state index contributed by atoms with van der Waals surface area (Å²) in [5.41, 5.74) is 6.22. The van der Waals surface area contributed by atoms with Gasteiger partial charge in [-0.15, -0.1) is 11.3 Å². The van der Waals surface area contributed by atoms with Crippen LogP contribution in [-0.2, 0) is 11.3 Å². The van der Waals surface area contributed by atoms with Crippen LogP contribution in [0, 0.1) is 6.92 Å². The maximum atomic E-state index is 6.29. The standard InChI is InChI=1S/C12H20N2OS/c1-10-14-7-11(16-10)8-15-9-12(13)5-3-2-4-6-12/h7H,2-6,8-9,13H2,1H3. The van der Waals surface area contributed by atoms with Gasteiger partial charge in [0.1, 0.15) is 0 Å². The summed E-state index contributed by atoms with van der Waals surface area (Å²) in [5.74, 6) is 0. The zero-order valence-corrected chi connectivity index (χ0v) is 10.7. The fourth-order valence-electron chi connectivity index (χ4n) is 2.23. The van der Waals surface area contributed by atoms with Gasteiger partial charge in [0.15, 0.2) is 0 Å². The first-order valence-corrected chi connectivity index (χ1v) is 6.78. The zero-order chi connectivity index (χ0) is 11.4. The monoisotopic (exact) mass is 240 g/mol. The van der Waals surface area contributed by atoms with Crippen molar-refractivity contribution in [1.29, 1.82) is 0 Å². The third kappa shape index (κ3) is 3.27. The van der Waals surface area contributed by atoms with Gasteiger partial charge in [-0.05, 0) is 19.8 Å². The highest BCUT2D eigenvalue weighted by Crippen LogP contribution is 2.26. The Bertz CT molecular complexity index is 332. The average molecular weight is 240 g/mol. The van der Waals surface area contributed by atoms with Crippen molar-refractivity contribution in [3.8, 4) is 0 Å². The van der Waals surface area contributed by atoms with E-state index in [0.717, 1.165) is 17.8 Å². The molecule has 0 aliphatic heterocycles. The highest BCUT2D eigenvalue weighted by Gasteiger charge is 2.27. The molecule has 2 rings (SSSR count). The normalized spacial score (nSPS) is 19.9. The van der Waals surface area contributed by atoms with E-state index in [4.69, 9.17) is 10.5 Å². The van der Waals surface area contributed by atoms with Gasteiger partial charge in [0.25, 0.3) is 0 Å². The second-order valence-corrected chi connectivity index (χ2v) is 6.08. The van der Waals surface area contributed by atoms with Crippen molar-refractivity contribution < 1.29 is 4.74 Å². The second kappa shape index (κ2) is 5.25. The molecule has 1 aliphatic rings. The van der Waals surface area contributed by atoms with E-state index < -0.39 is 0 Å². The zero-order valence-electron chi connectivity index (χ0n) is 9.87. The lowest BCUT2D eigenvalue weighted by atomic mass is 9.83. The van der Waals surface area contributed by atoms with E-state index in [9.17, 15) is 0 Å². The molecule has 1 aromatic heterocycles. The molecule has 0 spiro atoms. The third-order valence-electron chi connectivity index (χ3n) is 3.15. The van der Waals surface area contributed by atoms with E-state index in [-0.39, 0.29) is 5.54 Å². The Hall–Kier alpha value is -0.450. The third-order valence-corrected chi connectivity index (χ3v) is 4.04. The number of aryl methyl sites for hydroxylation is 1. The molecule has 0 amide bonds. The van der Waals surface area contributed by atoms with Gasteiger partial charge in [0, 0.05) is 11.7 Å². The second-order valence-electron chi connectivity index (χ2n) is 4.76. The molecule has 90 valence electrons. The highest BCUT2D eigenvalue weighted by atomic mass is 32.1. The molecule has 4 heteroatoms. The van der Waals surface area contributed by atoms with Gasteiger partial charge in [0.05, 0.1) is 23.1 Å². The molecule has 0 unspecified atom stereocenters. The van der Waals surface area contributed by atoms with E-state index in [2.05, 4.69) is 4.98 Å². The molecular formula is C12H20N2OS. The summed E-state index contributed by atoms with van der Waals surface area (Å²) in [4.78, 5) is 5.40. The van der Waals surface area contributed by atoms with Crippen LogP contribution in [0.3, 0.4) is 0 Å². The molecule has 1 fully saturated rings. The van der Waals surface area contributed by atoms with Crippen molar-refractivity contribution in [1.82, 2.24) is 4.98 Å². The lowest BCUT2D eigenvalue weighted by Crippen LogP contribution is -2.46. The maximum Gasteiger partial charge on any atom is 0.0897 e. The molecule has 1 aliphatic carbocycles. The molecule has 0 saturated heterocycles. The summed E-state index contributed by atoms with van der Waals surface area (Å²) >= 11 is 1.70. The van der Waals surface area contributed by atoms with Crippen LogP contribution in [0.4, 0.5) is 0 Å². The molecular weight excluding hydrogens is 220 g/mol. The van der Waals surface area contributed by atoms with Gasteiger partial charge in [-0.1, -0.05) is 19.3 Å². The first kappa shape index (κ1) is 12.0. The number of nitrogens with zero attached hydrogens (tertiary/aromatic N) is 1. The fraction of sp³-hybridized carbons (Fsp3) is 0.750. The summed E-state index contributed by atoms with van der Waals surface area (Å²) in [6.07, 6.45) is 7.93. The summed E-state index contributed by atoms with van der Waals surface area (Å²) in [5, 5.41) is 1.10. The number of hydrogen-bond acceptors (Lipinski definition) is 4. The van der Waals surface area contributed by atoms with Crippen LogP contribution in [0.5, 0.6) is 0 Å². The number of nitrogens with two attached hydrogens (primary N) is 1. The van der Waals surface area contributed by atoms with Crippen molar-refractivity contribution in [3.05, 3.63) is 16.1 Å². The molecule has 0 bridgehead atoms. The molecule has 0 atom stereocenters. The molecule has 16 heavy (non-hydrogen) atoms. The van der Waals surface area contributed by atoms with E-state index >= 15 is 0 Å². The molecule has 2 N–H and O–H groups in total. The Morgan fingerprint density at radius 2 is 2.19 bits per heavy atom. The van der Waals surface area contributed by atoms with Crippen LogP contribution in [0.15, 0.2) is 6.20 Å². The molecule has 0 radical (unpaired) electrons. The minimum absolute atomic E-state index is 0.0714. The molecule has 1 aromatic rings. The Morgan fingerprint density at radius 1 is 1.44 bits per heavy atom. The highest BCUT2D eigenvalue weighted by molar-refractivity contribution is 7.11. The molecule has 3 nitrogen and oxygen atoms in total. The van der Waals surface area contributed by atoms with Crippen molar-refractivity contribution in [2.45, 2.75) is 51.2 Å². The smallest absolute Gasteiger partial charge is 0.0897 e. The van der Waals surface area contributed by atoms with Gasteiger partial charge >= 0.3 is 0 Å². The van der Waals surface area contributed by atoms with E-state index in [1.807, 2.05) is 13.1 Å². The number of thiazole rings is 1. The molecule has 0 aromatic carbocycles. The van der Waals surface area contributed by atoms with Gasteiger partial charge < -0.3 is 10.5 Å². The van der Waals surface area contributed by atoms with Gasteiger partial charge in [-0.2, -0.15) is 0 Å². The van der Waals surface area contributed by atoms with E-state index in [0.29, 0.717) is 13.2 Å². The molecule has 1 saturated carbocycles. The van der Waals surface area contributed by atoms with Crippen molar-refractivity contribution >= 4 is 11.3 Å². The van der Waals surface area contributed by atoms with Crippen molar-refractivity contribution in [2.24, 2.45) is 5.73 Å². The lowest BCUT2D eigenvalue weighted by Gasteiger charge is -2.32. The number of hydrogen-bond donors (Lipinski definition) is 1. The van der Waals surface area contributed by atoms with Crippen LogP contribution < -0.4 is 5.73 Å². The van der Waals surface area contributed by atoms with Crippen molar-refractivity contribution in [3.63, 3.8) is 0 Å².